The Morgan fingerprint density at radius 2 is 2.33 bits per heavy atom. The van der Waals surface area contributed by atoms with E-state index in [0.29, 0.717) is 5.92 Å². The first kappa shape index (κ1) is 11.7. The summed E-state index contributed by atoms with van der Waals surface area (Å²) in [5.41, 5.74) is 1.09. The Kier molecular flexibility index (Phi) is 3.07. The Hall–Kier alpha value is -1.36. The van der Waals surface area contributed by atoms with Crippen LogP contribution in [0.15, 0.2) is 6.20 Å². The molecule has 2 aliphatic heterocycles. The zero-order chi connectivity index (χ0) is 12.5. The molecule has 0 aliphatic carbocycles. The lowest BCUT2D eigenvalue weighted by Crippen LogP contribution is -2.33. The Labute approximate surface area is 106 Å². The van der Waals surface area contributed by atoms with E-state index in [-0.39, 0.29) is 0 Å². The molecule has 0 spiro atoms. The number of hydrogen-bond acceptors (Lipinski definition) is 3. The lowest BCUT2D eigenvalue weighted by Gasteiger charge is -2.28. The van der Waals surface area contributed by atoms with Crippen LogP contribution in [0.3, 0.4) is 0 Å². The van der Waals surface area contributed by atoms with Gasteiger partial charge in [-0.1, -0.05) is 0 Å². The summed E-state index contributed by atoms with van der Waals surface area (Å²) in [6.07, 6.45) is 6.76. The zero-order valence-electron chi connectivity index (χ0n) is 10.4. The molecule has 0 amide bonds. The van der Waals surface area contributed by atoms with Crippen LogP contribution in [0.2, 0.25) is 0 Å². The first-order valence-corrected chi connectivity index (χ1v) is 6.77. The van der Waals surface area contributed by atoms with Crippen LogP contribution in [0.5, 0.6) is 0 Å². The highest BCUT2D eigenvalue weighted by molar-refractivity contribution is 5.72. The van der Waals surface area contributed by atoms with Crippen molar-refractivity contribution >= 4 is 5.97 Å². The van der Waals surface area contributed by atoms with Gasteiger partial charge in [0.2, 0.25) is 0 Å². The van der Waals surface area contributed by atoms with Gasteiger partial charge in [0.25, 0.3) is 0 Å². The molecule has 5 nitrogen and oxygen atoms in total. The van der Waals surface area contributed by atoms with Crippen molar-refractivity contribution in [3.8, 4) is 0 Å². The lowest BCUT2D eigenvalue weighted by molar-refractivity contribution is -0.141. The Bertz CT molecular complexity index is 449. The van der Waals surface area contributed by atoms with E-state index >= 15 is 0 Å². The van der Waals surface area contributed by atoms with Crippen molar-refractivity contribution < 1.29 is 9.90 Å². The number of rotatable bonds is 2. The molecular formula is C13H19N3O2. The molecule has 1 aromatic rings. The van der Waals surface area contributed by atoms with Crippen LogP contribution in [0.4, 0.5) is 0 Å². The van der Waals surface area contributed by atoms with Gasteiger partial charge in [-0.2, -0.15) is 0 Å². The van der Waals surface area contributed by atoms with E-state index in [2.05, 4.69) is 10.3 Å². The molecule has 2 unspecified atom stereocenters. The average molecular weight is 249 g/mol. The monoisotopic (exact) mass is 249 g/mol. The minimum absolute atomic E-state index is 0.368. The molecule has 2 aliphatic rings. The van der Waals surface area contributed by atoms with E-state index in [4.69, 9.17) is 0 Å². The Balaban J connectivity index is 1.96. The maximum Gasteiger partial charge on any atom is 0.326 e. The third-order valence-electron chi connectivity index (χ3n) is 4.07. The highest BCUT2D eigenvalue weighted by Crippen LogP contribution is 2.32. The number of carboxylic acid groups (broad SMARTS) is 1. The van der Waals surface area contributed by atoms with E-state index in [1.807, 2.05) is 10.8 Å². The van der Waals surface area contributed by atoms with Crippen molar-refractivity contribution in [3.05, 3.63) is 17.7 Å². The van der Waals surface area contributed by atoms with E-state index in [1.165, 1.54) is 0 Å². The van der Waals surface area contributed by atoms with E-state index in [0.717, 1.165) is 56.7 Å². The smallest absolute Gasteiger partial charge is 0.326 e. The van der Waals surface area contributed by atoms with Crippen molar-refractivity contribution in [2.75, 3.05) is 13.1 Å². The number of imidazole rings is 1. The number of aryl methyl sites for hydroxylation is 1. The fourth-order valence-electron chi connectivity index (χ4n) is 3.17. The maximum atomic E-state index is 11.4. The van der Waals surface area contributed by atoms with Gasteiger partial charge in [0, 0.05) is 24.4 Å². The van der Waals surface area contributed by atoms with Crippen molar-refractivity contribution in [1.82, 2.24) is 14.9 Å². The fourth-order valence-corrected chi connectivity index (χ4v) is 3.17. The van der Waals surface area contributed by atoms with Crippen LogP contribution in [0, 0.1) is 0 Å². The molecule has 3 heterocycles. The minimum Gasteiger partial charge on any atom is -0.480 e. The second-order valence-corrected chi connectivity index (χ2v) is 5.27. The zero-order valence-corrected chi connectivity index (χ0v) is 10.4. The number of carbonyl (C=O) groups is 1. The molecular weight excluding hydrogens is 230 g/mol. The van der Waals surface area contributed by atoms with Gasteiger partial charge in [0.15, 0.2) is 0 Å². The summed E-state index contributed by atoms with van der Waals surface area (Å²) in [6, 6.07) is -0.409. The Morgan fingerprint density at radius 1 is 1.44 bits per heavy atom. The van der Waals surface area contributed by atoms with Crippen LogP contribution in [0.25, 0.3) is 0 Å². The van der Waals surface area contributed by atoms with Crippen molar-refractivity contribution in [3.63, 3.8) is 0 Å². The number of nitrogens with one attached hydrogen (secondary N) is 1. The van der Waals surface area contributed by atoms with Crippen molar-refractivity contribution in [1.29, 1.82) is 0 Å². The quantitative estimate of drug-likeness (QED) is 0.829. The molecule has 0 bridgehead atoms. The number of aliphatic carboxylic acids is 1. The molecule has 3 rings (SSSR count). The molecule has 98 valence electrons. The second-order valence-electron chi connectivity index (χ2n) is 5.27. The summed E-state index contributed by atoms with van der Waals surface area (Å²) in [6.45, 7) is 1.98. The summed E-state index contributed by atoms with van der Waals surface area (Å²) in [7, 11) is 0. The third kappa shape index (κ3) is 1.92. The van der Waals surface area contributed by atoms with Gasteiger partial charge in [-0.25, -0.2) is 9.78 Å². The van der Waals surface area contributed by atoms with Crippen LogP contribution >= 0.6 is 0 Å². The van der Waals surface area contributed by atoms with E-state index < -0.39 is 12.0 Å². The number of nitrogens with zero attached hydrogens (tertiary/aromatic N) is 2. The SMILES string of the molecule is O=C(O)C1CCCc2cnc(C3CCCNC3)n21. The summed E-state index contributed by atoms with van der Waals surface area (Å²) in [4.78, 5) is 15.9. The largest absolute Gasteiger partial charge is 0.480 e. The third-order valence-corrected chi connectivity index (χ3v) is 4.07. The van der Waals surface area contributed by atoms with Gasteiger partial charge in [0.05, 0.1) is 0 Å². The predicted octanol–water partition coefficient (Wildman–Crippen LogP) is 1.31. The van der Waals surface area contributed by atoms with Crippen LogP contribution in [-0.4, -0.2) is 33.7 Å². The number of piperidine rings is 1. The molecule has 1 aromatic heterocycles. The normalized spacial score (nSPS) is 27.8. The van der Waals surface area contributed by atoms with Crippen LogP contribution in [-0.2, 0) is 11.2 Å². The van der Waals surface area contributed by atoms with E-state index in [9.17, 15) is 9.90 Å². The first-order valence-electron chi connectivity index (χ1n) is 6.77. The molecule has 0 radical (unpaired) electrons. The van der Waals surface area contributed by atoms with Gasteiger partial charge in [-0.05, 0) is 38.6 Å². The molecule has 5 heteroatoms. The second kappa shape index (κ2) is 4.72. The van der Waals surface area contributed by atoms with Gasteiger partial charge >= 0.3 is 5.97 Å². The van der Waals surface area contributed by atoms with Crippen molar-refractivity contribution in [2.24, 2.45) is 0 Å². The highest BCUT2D eigenvalue weighted by Gasteiger charge is 2.31. The maximum absolute atomic E-state index is 11.4. The number of carboxylic acids is 1. The predicted molar refractivity (Wildman–Crippen MR) is 66.7 cm³/mol. The number of fused-ring (bicyclic) bond motifs is 1. The molecule has 0 saturated carbocycles. The number of aromatic nitrogens is 2. The topological polar surface area (TPSA) is 67.2 Å². The summed E-state index contributed by atoms with van der Waals surface area (Å²) in [5.74, 6) is 0.621. The molecule has 2 N–H and O–H groups in total. The Morgan fingerprint density at radius 3 is 3.06 bits per heavy atom. The van der Waals surface area contributed by atoms with Gasteiger partial charge in [0.1, 0.15) is 11.9 Å². The van der Waals surface area contributed by atoms with E-state index in [1.54, 1.807) is 0 Å². The fraction of sp³-hybridized carbons (Fsp3) is 0.692. The van der Waals surface area contributed by atoms with Crippen molar-refractivity contribution in [2.45, 2.75) is 44.1 Å². The molecule has 1 fully saturated rings. The van der Waals surface area contributed by atoms with Gasteiger partial charge in [-0.15, -0.1) is 0 Å². The summed E-state index contributed by atoms with van der Waals surface area (Å²) in [5, 5.41) is 12.7. The number of hydrogen-bond donors (Lipinski definition) is 2. The standard InChI is InChI=1S/C13H19N3O2/c17-13(18)11-5-1-4-10-8-15-12(16(10)11)9-3-2-6-14-7-9/h8-9,11,14H,1-7H2,(H,17,18). The van der Waals surface area contributed by atoms with Crippen LogP contribution in [0.1, 0.15) is 49.2 Å². The first-order chi connectivity index (χ1) is 8.77. The van der Waals surface area contributed by atoms with Crippen LogP contribution < -0.4 is 5.32 Å². The molecule has 18 heavy (non-hydrogen) atoms. The van der Waals surface area contributed by atoms with Gasteiger partial charge < -0.3 is 15.0 Å². The molecule has 2 atom stereocenters. The average Bonchev–Trinajstić information content (AvgIpc) is 2.83. The lowest BCUT2D eigenvalue weighted by atomic mass is 9.96. The minimum atomic E-state index is -0.723. The van der Waals surface area contributed by atoms with Gasteiger partial charge in [-0.3, -0.25) is 0 Å². The summed E-state index contributed by atoms with van der Waals surface area (Å²) >= 11 is 0. The molecule has 1 saturated heterocycles. The molecule has 0 aromatic carbocycles. The summed E-state index contributed by atoms with van der Waals surface area (Å²) < 4.78 is 1.99. The highest BCUT2D eigenvalue weighted by atomic mass is 16.4.